The van der Waals surface area contributed by atoms with Crippen LogP contribution in [0.1, 0.15) is 24.8 Å². The van der Waals surface area contributed by atoms with E-state index in [4.69, 9.17) is 0 Å². The molecule has 2 aromatic carbocycles. The molecule has 3 aromatic rings. The molecular weight excluding hydrogens is 359 g/mol. The quantitative estimate of drug-likeness (QED) is 0.644. The van der Waals surface area contributed by atoms with Crippen molar-refractivity contribution in [3.8, 4) is 0 Å². The summed E-state index contributed by atoms with van der Waals surface area (Å²) in [5.74, 6) is -1.39. The molecule has 0 saturated carbocycles. The minimum atomic E-state index is -2.00. The second-order valence-electron chi connectivity index (χ2n) is 7.18. The molecule has 2 heterocycles. The van der Waals surface area contributed by atoms with Crippen LogP contribution in [0.2, 0.25) is 0 Å². The summed E-state index contributed by atoms with van der Waals surface area (Å²) >= 11 is 0. The molecule has 1 aromatic heterocycles. The molecule has 1 fully saturated rings. The van der Waals surface area contributed by atoms with Gasteiger partial charge in [0.25, 0.3) is 5.91 Å². The molecule has 4 rings (SSSR count). The number of benzene rings is 2. The number of nitrogens with zero attached hydrogens (tertiary/aromatic N) is 1. The van der Waals surface area contributed by atoms with Crippen LogP contribution in [-0.2, 0) is 16.0 Å². The number of aryl methyl sites for hydroxylation is 1. The lowest BCUT2D eigenvalue weighted by molar-refractivity contribution is -0.147. The highest BCUT2D eigenvalue weighted by atomic mass is 19.1. The van der Waals surface area contributed by atoms with Crippen LogP contribution in [0.15, 0.2) is 54.7 Å². The predicted octanol–water partition coefficient (Wildman–Crippen LogP) is 3.37. The zero-order chi connectivity index (χ0) is 19.7. The first kappa shape index (κ1) is 18.4. The van der Waals surface area contributed by atoms with E-state index in [-0.39, 0.29) is 25.2 Å². The van der Waals surface area contributed by atoms with Crippen molar-refractivity contribution >= 4 is 28.3 Å². The highest BCUT2D eigenvalue weighted by Gasteiger charge is 2.50. The standard InChI is InChI=1S/C22H21FN2O3/c23-18-6-2-1-4-15(18)5-3-7-20(26)22(28)11-13-25(21(22)27)17-8-9-19-16(14-17)10-12-24-19/h1-2,4,6,8-10,12,14,24,28H,3,5,7,11,13H2/t22-/m0/s1. The fraction of sp³-hybridized carbons (Fsp3) is 0.273. The van der Waals surface area contributed by atoms with Crippen molar-refractivity contribution in [1.82, 2.24) is 4.98 Å². The van der Waals surface area contributed by atoms with Crippen LogP contribution in [0.3, 0.4) is 0 Å². The van der Waals surface area contributed by atoms with E-state index < -0.39 is 17.3 Å². The van der Waals surface area contributed by atoms with E-state index in [0.717, 1.165) is 10.9 Å². The summed E-state index contributed by atoms with van der Waals surface area (Å²) in [6, 6.07) is 13.8. The lowest BCUT2D eigenvalue weighted by Gasteiger charge is -2.21. The topological polar surface area (TPSA) is 73.4 Å². The van der Waals surface area contributed by atoms with Crippen LogP contribution >= 0.6 is 0 Å². The van der Waals surface area contributed by atoms with Gasteiger partial charge in [-0.15, -0.1) is 0 Å². The average molecular weight is 380 g/mol. The fourth-order valence-electron chi connectivity index (χ4n) is 3.77. The number of ketones is 1. The number of anilines is 1. The molecule has 6 heteroatoms. The Morgan fingerprint density at radius 2 is 2.04 bits per heavy atom. The molecule has 144 valence electrons. The summed E-state index contributed by atoms with van der Waals surface area (Å²) < 4.78 is 13.7. The number of H-pyrrole nitrogens is 1. The number of nitrogens with one attached hydrogen (secondary N) is 1. The van der Waals surface area contributed by atoms with Crippen LogP contribution in [0, 0.1) is 5.82 Å². The van der Waals surface area contributed by atoms with Crippen molar-refractivity contribution in [1.29, 1.82) is 0 Å². The SMILES string of the molecule is O=C(CCCc1ccccc1F)[C@@]1(O)CCN(c2ccc3[nH]ccc3c2)C1=O. The van der Waals surface area contributed by atoms with Crippen LogP contribution < -0.4 is 4.90 Å². The van der Waals surface area contributed by atoms with Crippen molar-refractivity contribution in [3.05, 3.63) is 66.1 Å². The molecular formula is C22H21FN2O3. The monoisotopic (exact) mass is 380 g/mol. The van der Waals surface area contributed by atoms with Gasteiger partial charge in [0.05, 0.1) is 0 Å². The zero-order valence-electron chi connectivity index (χ0n) is 15.3. The number of aliphatic hydroxyl groups is 1. The summed E-state index contributed by atoms with van der Waals surface area (Å²) in [5, 5.41) is 11.7. The molecule has 0 aliphatic carbocycles. The minimum Gasteiger partial charge on any atom is -0.373 e. The number of hydrogen-bond acceptors (Lipinski definition) is 3. The van der Waals surface area contributed by atoms with E-state index in [1.807, 2.05) is 24.4 Å². The third-order valence-electron chi connectivity index (χ3n) is 5.41. The van der Waals surface area contributed by atoms with Crippen molar-refractivity contribution < 1.29 is 19.1 Å². The van der Waals surface area contributed by atoms with Crippen LogP contribution in [0.25, 0.3) is 10.9 Å². The summed E-state index contributed by atoms with van der Waals surface area (Å²) in [4.78, 5) is 30.0. The first-order valence-electron chi connectivity index (χ1n) is 9.37. The number of aromatic amines is 1. The predicted molar refractivity (Wildman–Crippen MR) is 105 cm³/mol. The van der Waals surface area contributed by atoms with Gasteiger partial charge in [-0.1, -0.05) is 18.2 Å². The Balaban J connectivity index is 1.43. The summed E-state index contributed by atoms with van der Waals surface area (Å²) in [5.41, 5.74) is 0.144. The maximum Gasteiger partial charge on any atom is 0.266 e. The number of Topliss-reactive ketones (excluding diaryl/α,β-unsaturated/α-hetero) is 1. The van der Waals surface area contributed by atoms with Crippen LogP contribution in [-0.4, -0.2) is 33.9 Å². The van der Waals surface area contributed by atoms with Crippen molar-refractivity contribution in [3.63, 3.8) is 0 Å². The first-order chi connectivity index (χ1) is 13.5. The number of aromatic nitrogens is 1. The molecule has 1 atom stereocenters. The van der Waals surface area contributed by atoms with E-state index in [9.17, 15) is 19.1 Å². The lowest BCUT2D eigenvalue weighted by Crippen LogP contribution is -2.46. The van der Waals surface area contributed by atoms with Gasteiger partial charge in [0.15, 0.2) is 5.78 Å². The Hall–Kier alpha value is -2.99. The van der Waals surface area contributed by atoms with Gasteiger partial charge < -0.3 is 15.0 Å². The van der Waals surface area contributed by atoms with Crippen molar-refractivity contribution in [2.24, 2.45) is 0 Å². The lowest BCUT2D eigenvalue weighted by atomic mass is 9.92. The van der Waals surface area contributed by atoms with Gasteiger partial charge in [-0.25, -0.2) is 4.39 Å². The Kier molecular flexibility index (Phi) is 4.73. The van der Waals surface area contributed by atoms with E-state index in [2.05, 4.69) is 4.98 Å². The number of rotatable bonds is 6. The molecule has 2 N–H and O–H groups in total. The maximum atomic E-state index is 13.7. The second kappa shape index (κ2) is 7.20. The minimum absolute atomic E-state index is 0.0290. The number of hydrogen-bond donors (Lipinski definition) is 2. The van der Waals surface area contributed by atoms with Gasteiger partial charge in [0.2, 0.25) is 5.60 Å². The largest absolute Gasteiger partial charge is 0.373 e. The Morgan fingerprint density at radius 1 is 1.21 bits per heavy atom. The molecule has 1 aliphatic rings. The molecule has 28 heavy (non-hydrogen) atoms. The van der Waals surface area contributed by atoms with Crippen LogP contribution in [0.5, 0.6) is 0 Å². The normalized spacial score (nSPS) is 19.5. The van der Waals surface area contributed by atoms with E-state index in [1.165, 1.54) is 11.0 Å². The van der Waals surface area contributed by atoms with Gasteiger partial charge in [-0.05, 0) is 48.7 Å². The van der Waals surface area contributed by atoms with Gasteiger partial charge in [-0.3, -0.25) is 9.59 Å². The molecule has 0 radical (unpaired) electrons. The van der Waals surface area contributed by atoms with Gasteiger partial charge >= 0.3 is 0 Å². The van der Waals surface area contributed by atoms with Gasteiger partial charge in [0.1, 0.15) is 5.82 Å². The van der Waals surface area contributed by atoms with E-state index in [1.54, 1.807) is 24.3 Å². The van der Waals surface area contributed by atoms with Gasteiger partial charge in [0, 0.05) is 42.2 Å². The Bertz CT molecular complexity index is 1040. The van der Waals surface area contributed by atoms with Crippen LogP contribution in [0.4, 0.5) is 10.1 Å². The number of carbonyl (C=O) groups excluding carboxylic acids is 2. The van der Waals surface area contributed by atoms with Crippen molar-refractivity contribution in [2.75, 3.05) is 11.4 Å². The summed E-state index contributed by atoms with van der Waals surface area (Å²) in [7, 11) is 0. The zero-order valence-corrected chi connectivity index (χ0v) is 15.3. The molecule has 5 nitrogen and oxygen atoms in total. The third-order valence-corrected chi connectivity index (χ3v) is 5.41. The first-order valence-corrected chi connectivity index (χ1v) is 9.37. The fourth-order valence-corrected chi connectivity index (χ4v) is 3.77. The van der Waals surface area contributed by atoms with Crippen molar-refractivity contribution in [2.45, 2.75) is 31.3 Å². The Labute approximate surface area is 161 Å². The molecule has 0 bridgehead atoms. The smallest absolute Gasteiger partial charge is 0.266 e. The highest BCUT2D eigenvalue weighted by molar-refractivity contribution is 6.17. The molecule has 0 spiro atoms. The highest BCUT2D eigenvalue weighted by Crippen LogP contribution is 2.32. The molecule has 0 unspecified atom stereocenters. The van der Waals surface area contributed by atoms with Gasteiger partial charge in [-0.2, -0.15) is 0 Å². The second-order valence-corrected chi connectivity index (χ2v) is 7.18. The molecule has 1 saturated heterocycles. The number of amides is 1. The third kappa shape index (κ3) is 3.20. The Morgan fingerprint density at radius 3 is 2.86 bits per heavy atom. The molecule has 1 amide bonds. The molecule has 1 aliphatic heterocycles. The average Bonchev–Trinajstić information content (AvgIpc) is 3.28. The number of fused-ring (bicyclic) bond motifs is 1. The van der Waals surface area contributed by atoms with E-state index >= 15 is 0 Å². The van der Waals surface area contributed by atoms with E-state index in [0.29, 0.717) is 24.1 Å². The maximum absolute atomic E-state index is 13.7. The number of carbonyl (C=O) groups is 2. The summed E-state index contributed by atoms with van der Waals surface area (Å²) in [6.07, 6.45) is 2.67. The summed E-state index contributed by atoms with van der Waals surface area (Å²) in [6.45, 7) is 0.282. The number of halogens is 1.